The number of amides is 1. The SMILES string of the molecule is O=C(O)N1CC(c2ccc(N(CC3CC3)c3ccccc3)cc2)C1. The number of carbonyl (C=O) groups is 1. The fraction of sp³-hybridized carbons (Fsp3) is 0.350. The van der Waals surface area contributed by atoms with E-state index in [0.717, 1.165) is 12.5 Å². The molecule has 2 fully saturated rings. The number of hydrogen-bond donors (Lipinski definition) is 1. The largest absolute Gasteiger partial charge is 0.465 e. The van der Waals surface area contributed by atoms with E-state index >= 15 is 0 Å². The highest BCUT2D eigenvalue weighted by molar-refractivity contribution is 5.67. The van der Waals surface area contributed by atoms with Crippen LogP contribution in [0.25, 0.3) is 0 Å². The van der Waals surface area contributed by atoms with Gasteiger partial charge in [0.05, 0.1) is 0 Å². The average Bonchev–Trinajstić information content (AvgIpc) is 3.37. The first-order valence-electron chi connectivity index (χ1n) is 8.61. The van der Waals surface area contributed by atoms with Crippen molar-refractivity contribution in [3.05, 3.63) is 60.2 Å². The lowest BCUT2D eigenvalue weighted by Gasteiger charge is -2.37. The Hall–Kier alpha value is -2.49. The Morgan fingerprint density at radius 3 is 2.21 bits per heavy atom. The number of rotatable bonds is 5. The average molecular weight is 322 g/mol. The number of benzene rings is 2. The van der Waals surface area contributed by atoms with Crippen LogP contribution >= 0.6 is 0 Å². The van der Waals surface area contributed by atoms with Gasteiger partial charge in [0.2, 0.25) is 0 Å². The third-order valence-electron chi connectivity index (χ3n) is 5.03. The molecule has 24 heavy (non-hydrogen) atoms. The highest BCUT2D eigenvalue weighted by atomic mass is 16.4. The third kappa shape index (κ3) is 3.09. The van der Waals surface area contributed by atoms with Gasteiger partial charge in [0.15, 0.2) is 0 Å². The van der Waals surface area contributed by atoms with Gasteiger partial charge in [0.1, 0.15) is 0 Å². The predicted octanol–water partition coefficient (Wildman–Crippen LogP) is 4.31. The van der Waals surface area contributed by atoms with E-state index in [9.17, 15) is 4.79 Å². The molecule has 4 heteroatoms. The molecule has 1 heterocycles. The van der Waals surface area contributed by atoms with Crippen LogP contribution in [0, 0.1) is 5.92 Å². The highest BCUT2D eigenvalue weighted by Gasteiger charge is 2.31. The molecule has 0 atom stereocenters. The van der Waals surface area contributed by atoms with Gasteiger partial charge >= 0.3 is 6.09 Å². The van der Waals surface area contributed by atoms with Gasteiger partial charge in [-0.3, -0.25) is 0 Å². The van der Waals surface area contributed by atoms with Gasteiger partial charge in [-0.1, -0.05) is 30.3 Å². The maximum Gasteiger partial charge on any atom is 0.407 e. The fourth-order valence-electron chi connectivity index (χ4n) is 3.30. The van der Waals surface area contributed by atoms with Crippen molar-refractivity contribution in [1.82, 2.24) is 4.90 Å². The van der Waals surface area contributed by atoms with E-state index < -0.39 is 6.09 Å². The van der Waals surface area contributed by atoms with Crippen LogP contribution in [0.5, 0.6) is 0 Å². The minimum atomic E-state index is -0.817. The van der Waals surface area contributed by atoms with Gasteiger partial charge in [-0.2, -0.15) is 0 Å². The molecule has 1 saturated carbocycles. The van der Waals surface area contributed by atoms with Crippen LogP contribution in [0.2, 0.25) is 0 Å². The van der Waals surface area contributed by atoms with Crippen LogP contribution in [-0.2, 0) is 0 Å². The van der Waals surface area contributed by atoms with Crippen molar-refractivity contribution in [2.24, 2.45) is 5.92 Å². The Morgan fingerprint density at radius 1 is 1.00 bits per heavy atom. The number of para-hydroxylation sites is 1. The molecule has 1 aliphatic heterocycles. The first-order valence-corrected chi connectivity index (χ1v) is 8.61. The zero-order chi connectivity index (χ0) is 16.5. The molecule has 2 aromatic rings. The molecule has 1 saturated heterocycles. The normalized spacial score (nSPS) is 17.4. The van der Waals surface area contributed by atoms with Gasteiger partial charge in [-0.15, -0.1) is 0 Å². The van der Waals surface area contributed by atoms with Crippen molar-refractivity contribution in [3.63, 3.8) is 0 Å². The molecule has 0 aromatic heterocycles. The lowest BCUT2D eigenvalue weighted by molar-refractivity contribution is 0.105. The van der Waals surface area contributed by atoms with E-state index in [2.05, 4.69) is 53.4 Å². The predicted molar refractivity (Wildman–Crippen MR) is 95.0 cm³/mol. The standard InChI is InChI=1S/C20H22N2O2/c23-20(24)21-13-17(14-21)16-8-10-19(11-9-16)22(12-15-6-7-15)18-4-2-1-3-5-18/h1-5,8-11,15,17H,6-7,12-14H2,(H,23,24). The number of carboxylic acid groups (broad SMARTS) is 1. The molecule has 1 amide bonds. The Labute approximate surface area is 142 Å². The molecule has 4 rings (SSSR count). The van der Waals surface area contributed by atoms with E-state index in [0.29, 0.717) is 19.0 Å². The Balaban J connectivity index is 1.50. The van der Waals surface area contributed by atoms with E-state index in [-0.39, 0.29) is 0 Å². The summed E-state index contributed by atoms with van der Waals surface area (Å²) in [5.74, 6) is 1.14. The summed E-state index contributed by atoms with van der Waals surface area (Å²) < 4.78 is 0. The fourth-order valence-corrected chi connectivity index (χ4v) is 3.30. The smallest absolute Gasteiger partial charge is 0.407 e. The van der Waals surface area contributed by atoms with Crippen molar-refractivity contribution >= 4 is 17.5 Å². The third-order valence-corrected chi connectivity index (χ3v) is 5.03. The van der Waals surface area contributed by atoms with Crippen molar-refractivity contribution in [1.29, 1.82) is 0 Å². The molecule has 0 unspecified atom stereocenters. The van der Waals surface area contributed by atoms with E-state index in [1.165, 1.54) is 34.7 Å². The van der Waals surface area contributed by atoms with Crippen molar-refractivity contribution < 1.29 is 9.90 Å². The quantitative estimate of drug-likeness (QED) is 0.892. The first-order chi connectivity index (χ1) is 11.7. The summed E-state index contributed by atoms with van der Waals surface area (Å²) in [5.41, 5.74) is 3.68. The summed E-state index contributed by atoms with van der Waals surface area (Å²) in [6.45, 7) is 2.29. The van der Waals surface area contributed by atoms with Crippen molar-refractivity contribution in [2.45, 2.75) is 18.8 Å². The lowest BCUT2D eigenvalue weighted by atomic mass is 9.92. The molecule has 4 nitrogen and oxygen atoms in total. The van der Waals surface area contributed by atoms with Crippen LogP contribution < -0.4 is 4.90 Å². The highest BCUT2D eigenvalue weighted by Crippen LogP contribution is 2.36. The van der Waals surface area contributed by atoms with Crippen LogP contribution in [0.3, 0.4) is 0 Å². The van der Waals surface area contributed by atoms with Gasteiger partial charge in [0.25, 0.3) is 0 Å². The summed E-state index contributed by atoms with van der Waals surface area (Å²) >= 11 is 0. The molecular formula is C20H22N2O2. The number of likely N-dealkylation sites (tertiary alicyclic amines) is 1. The Bertz CT molecular complexity index is 704. The van der Waals surface area contributed by atoms with Crippen molar-refractivity contribution in [2.75, 3.05) is 24.5 Å². The maximum absolute atomic E-state index is 10.9. The molecule has 0 bridgehead atoms. The van der Waals surface area contributed by atoms with Gasteiger partial charge in [-0.05, 0) is 48.6 Å². The molecule has 0 spiro atoms. The topological polar surface area (TPSA) is 43.8 Å². The first kappa shape index (κ1) is 15.1. The minimum Gasteiger partial charge on any atom is -0.465 e. The van der Waals surface area contributed by atoms with Crippen LogP contribution in [-0.4, -0.2) is 35.7 Å². The maximum atomic E-state index is 10.9. The minimum absolute atomic E-state index is 0.337. The van der Waals surface area contributed by atoms with E-state index in [1.807, 2.05) is 6.07 Å². The van der Waals surface area contributed by atoms with Crippen LogP contribution in [0.4, 0.5) is 16.2 Å². The van der Waals surface area contributed by atoms with Gasteiger partial charge in [-0.25, -0.2) is 4.79 Å². The Kier molecular flexibility index (Phi) is 3.89. The molecule has 2 aromatic carbocycles. The number of anilines is 2. The monoisotopic (exact) mass is 322 g/mol. The van der Waals surface area contributed by atoms with Crippen molar-refractivity contribution in [3.8, 4) is 0 Å². The molecule has 124 valence electrons. The molecule has 1 aliphatic carbocycles. The molecule has 0 radical (unpaired) electrons. The summed E-state index contributed by atoms with van der Waals surface area (Å²) in [4.78, 5) is 14.7. The molecule has 2 aliphatic rings. The lowest BCUT2D eigenvalue weighted by Crippen LogP contribution is -2.47. The van der Waals surface area contributed by atoms with Crippen LogP contribution in [0.1, 0.15) is 24.3 Å². The van der Waals surface area contributed by atoms with Gasteiger partial charge in [0, 0.05) is 36.9 Å². The zero-order valence-electron chi connectivity index (χ0n) is 13.6. The second-order valence-corrected chi connectivity index (χ2v) is 6.87. The summed E-state index contributed by atoms with van der Waals surface area (Å²) in [6.07, 6.45) is 1.84. The Morgan fingerprint density at radius 2 is 1.62 bits per heavy atom. The van der Waals surface area contributed by atoms with E-state index in [1.54, 1.807) is 0 Å². The summed E-state index contributed by atoms with van der Waals surface area (Å²) in [7, 11) is 0. The zero-order valence-corrected chi connectivity index (χ0v) is 13.6. The second kappa shape index (κ2) is 6.19. The number of hydrogen-bond acceptors (Lipinski definition) is 2. The molecule has 1 N–H and O–H groups in total. The van der Waals surface area contributed by atoms with Crippen LogP contribution in [0.15, 0.2) is 54.6 Å². The molecular weight excluding hydrogens is 300 g/mol. The van der Waals surface area contributed by atoms with Gasteiger partial charge < -0.3 is 14.9 Å². The summed E-state index contributed by atoms with van der Waals surface area (Å²) in [6, 6.07) is 19.2. The second-order valence-electron chi connectivity index (χ2n) is 6.87. The van der Waals surface area contributed by atoms with E-state index in [4.69, 9.17) is 5.11 Å². The number of nitrogens with zero attached hydrogens (tertiary/aromatic N) is 2. The summed E-state index contributed by atoms with van der Waals surface area (Å²) in [5, 5.41) is 8.95.